The van der Waals surface area contributed by atoms with E-state index in [-0.39, 0.29) is 13.2 Å². The third-order valence-electron chi connectivity index (χ3n) is 1.77. The molecule has 0 aliphatic heterocycles. The molecule has 1 atom stereocenters. The Bertz CT molecular complexity index is 299. The summed E-state index contributed by atoms with van der Waals surface area (Å²) in [5.41, 5.74) is 0.716. The quantitative estimate of drug-likeness (QED) is 0.869. The number of aliphatic hydroxyl groups excluding tert-OH is 2. The number of hydrogen-bond acceptors (Lipinski definition) is 3. The van der Waals surface area contributed by atoms with Crippen molar-refractivity contribution < 1.29 is 14.9 Å². The van der Waals surface area contributed by atoms with Crippen LogP contribution in [0, 0.1) is 0 Å². The Labute approximate surface area is 91.5 Å². The van der Waals surface area contributed by atoms with E-state index in [1.807, 2.05) is 6.07 Å². The van der Waals surface area contributed by atoms with Crippen LogP contribution < -0.4 is 4.74 Å². The Morgan fingerprint density at radius 2 is 2.21 bits per heavy atom. The lowest BCUT2D eigenvalue weighted by atomic mass is 10.1. The molecule has 0 unspecified atom stereocenters. The molecule has 14 heavy (non-hydrogen) atoms. The first-order valence-corrected chi connectivity index (χ1v) is 5.15. The number of benzene rings is 1. The fourth-order valence-corrected chi connectivity index (χ4v) is 1.51. The number of rotatable bonds is 4. The number of ether oxygens (including phenoxy) is 1. The number of hydrogen-bond donors (Lipinski definition) is 2. The van der Waals surface area contributed by atoms with Crippen molar-refractivity contribution in [1.82, 2.24) is 0 Å². The largest absolute Gasteiger partial charge is 0.491 e. The molecule has 0 fully saturated rings. The molecule has 0 radical (unpaired) electrons. The number of halogens is 1. The van der Waals surface area contributed by atoms with Gasteiger partial charge in [-0.1, -0.05) is 15.9 Å². The lowest BCUT2D eigenvalue weighted by molar-refractivity contribution is 0.177. The average Bonchev–Trinajstić information content (AvgIpc) is 2.15. The molecule has 0 amide bonds. The van der Waals surface area contributed by atoms with Gasteiger partial charge in [0.25, 0.3) is 0 Å². The Hall–Kier alpha value is -0.580. The van der Waals surface area contributed by atoms with E-state index in [1.165, 1.54) is 0 Å². The van der Waals surface area contributed by atoms with E-state index in [9.17, 15) is 5.11 Å². The van der Waals surface area contributed by atoms with Crippen LogP contribution in [-0.2, 0) is 0 Å². The molecule has 78 valence electrons. The van der Waals surface area contributed by atoms with Gasteiger partial charge in [-0.15, -0.1) is 0 Å². The van der Waals surface area contributed by atoms with Gasteiger partial charge in [0.1, 0.15) is 12.4 Å². The van der Waals surface area contributed by atoms with Gasteiger partial charge in [-0.05, 0) is 25.1 Å². The van der Waals surface area contributed by atoms with Gasteiger partial charge in [-0.25, -0.2) is 0 Å². The average molecular weight is 261 g/mol. The molecule has 0 saturated heterocycles. The zero-order valence-corrected chi connectivity index (χ0v) is 9.49. The molecule has 3 nitrogen and oxygen atoms in total. The van der Waals surface area contributed by atoms with Crippen LogP contribution >= 0.6 is 15.9 Å². The lowest BCUT2D eigenvalue weighted by Crippen LogP contribution is -2.05. The van der Waals surface area contributed by atoms with Crippen LogP contribution in [0.5, 0.6) is 5.75 Å². The molecule has 0 aliphatic rings. The smallest absolute Gasteiger partial charge is 0.125 e. The molecule has 1 aromatic carbocycles. The van der Waals surface area contributed by atoms with E-state index in [0.717, 1.165) is 4.47 Å². The molecule has 4 heteroatoms. The summed E-state index contributed by atoms with van der Waals surface area (Å²) in [5.74, 6) is 0.609. The van der Waals surface area contributed by atoms with Crippen molar-refractivity contribution >= 4 is 15.9 Å². The Balaban J connectivity index is 2.90. The maximum Gasteiger partial charge on any atom is 0.125 e. The second kappa shape index (κ2) is 5.34. The first-order valence-electron chi connectivity index (χ1n) is 4.36. The van der Waals surface area contributed by atoms with Crippen LogP contribution in [0.4, 0.5) is 0 Å². The van der Waals surface area contributed by atoms with Crippen molar-refractivity contribution in [2.75, 3.05) is 13.2 Å². The van der Waals surface area contributed by atoms with Crippen molar-refractivity contribution in [2.24, 2.45) is 0 Å². The Kier molecular flexibility index (Phi) is 4.38. The van der Waals surface area contributed by atoms with E-state index in [1.54, 1.807) is 19.1 Å². The summed E-state index contributed by atoms with van der Waals surface area (Å²) in [6.45, 7) is 1.88. The maximum absolute atomic E-state index is 9.46. The van der Waals surface area contributed by atoms with Gasteiger partial charge >= 0.3 is 0 Å². The van der Waals surface area contributed by atoms with Gasteiger partial charge in [0, 0.05) is 10.0 Å². The first-order chi connectivity index (χ1) is 6.65. The highest BCUT2D eigenvalue weighted by molar-refractivity contribution is 9.10. The van der Waals surface area contributed by atoms with Crippen LogP contribution in [0.1, 0.15) is 18.6 Å². The summed E-state index contributed by atoms with van der Waals surface area (Å²) in [7, 11) is 0. The SMILES string of the molecule is C[C@H](O)c1cc(Br)ccc1OCCO. The van der Waals surface area contributed by atoms with Gasteiger partial charge in [-0.2, -0.15) is 0 Å². The van der Waals surface area contributed by atoms with Gasteiger partial charge in [-0.3, -0.25) is 0 Å². The molecular weight excluding hydrogens is 248 g/mol. The van der Waals surface area contributed by atoms with Crippen molar-refractivity contribution in [3.05, 3.63) is 28.2 Å². The minimum atomic E-state index is -0.582. The standard InChI is InChI=1S/C10H13BrO3/c1-7(13)9-6-8(11)2-3-10(9)14-5-4-12/h2-3,6-7,12-13H,4-5H2,1H3/t7-/m0/s1. The van der Waals surface area contributed by atoms with E-state index in [4.69, 9.17) is 9.84 Å². The molecule has 1 aromatic rings. The second-order valence-corrected chi connectivity index (χ2v) is 3.85. The van der Waals surface area contributed by atoms with E-state index in [2.05, 4.69) is 15.9 Å². The fraction of sp³-hybridized carbons (Fsp3) is 0.400. The predicted molar refractivity (Wildman–Crippen MR) is 57.4 cm³/mol. The van der Waals surface area contributed by atoms with Crippen LogP contribution in [-0.4, -0.2) is 23.4 Å². The summed E-state index contributed by atoms with van der Waals surface area (Å²) in [5, 5.41) is 18.1. The Morgan fingerprint density at radius 1 is 1.50 bits per heavy atom. The minimum absolute atomic E-state index is 0.0324. The van der Waals surface area contributed by atoms with Gasteiger partial charge < -0.3 is 14.9 Å². The van der Waals surface area contributed by atoms with Crippen LogP contribution in [0.3, 0.4) is 0 Å². The summed E-state index contributed by atoms with van der Waals surface area (Å²) in [6, 6.07) is 5.40. The Morgan fingerprint density at radius 3 is 2.79 bits per heavy atom. The van der Waals surface area contributed by atoms with Crippen molar-refractivity contribution in [1.29, 1.82) is 0 Å². The second-order valence-electron chi connectivity index (χ2n) is 2.93. The summed E-state index contributed by atoms with van der Waals surface area (Å²) >= 11 is 3.32. The molecule has 2 N–H and O–H groups in total. The first kappa shape index (κ1) is 11.5. The molecule has 0 aromatic heterocycles. The molecule has 1 rings (SSSR count). The molecule has 0 spiro atoms. The minimum Gasteiger partial charge on any atom is -0.491 e. The molecule has 0 heterocycles. The summed E-state index contributed by atoms with van der Waals surface area (Å²) < 4.78 is 6.17. The molecule has 0 aliphatic carbocycles. The predicted octanol–water partition coefficient (Wildman–Crippen LogP) is 1.87. The van der Waals surface area contributed by atoms with Crippen molar-refractivity contribution in [2.45, 2.75) is 13.0 Å². The van der Waals surface area contributed by atoms with Crippen molar-refractivity contribution in [3.8, 4) is 5.75 Å². The monoisotopic (exact) mass is 260 g/mol. The van der Waals surface area contributed by atoms with E-state index < -0.39 is 6.10 Å². The highest BCUT2D eigenvalue weighted by atomic mass is 79.9. The molecule has 0 bridgehead atoms. The van der Waals surface area contributed by atoms with Crippen LogP contribution in [0.2, 0.25) is 0 Å². The van der Waals surface area contributed by atoms with E-state index >= 15 is 0 Å². The van der Waals surface area contributed by atoms with Gasteiger partial charge in [0.15, 0.2) is 0 Å². The normalized spacial score (nSPS) is 12.6. The van der Waals surface area contributed by atoms with Crippen molar-refractivity contribution in [3.63, 3.8) is 0 Å². The van der Waals surface area contributed by atoms with Crippen LogP contribution in [0.25, 0.3) is 0 Å². The topological polar surface area (TPSA) is 49.7 Å². The van der Waals surface area contributed by atoms with Gasteiger partial charge in [0.2, 0.25) is 0 Å². The maximum atomic E-state index is 9.46. The third kappa shape index (κ3) is 2.97. The third-order valence-corrected chi connectivity index (χ3v) is 2.26. The molecular formula is C10H13BrO3. The molecule has 0 saturated carbocycles. The zero-order chi connectivity index (χ0) is 10.6. The summed E-state index contributed by atoms with van der Waals surface area (Å²) in [6.07, 6.45) is -0.582. The lowest BCUT2D eigenvalue weighted by Gasteiger charge is -2.12. The number of aliphatic hydroxyl groups is 2. The van der Waals surface area contributed by atoms with E-state index in [0.29, 0.717) is 11.3 Å². The highest BCUT2D eigenvalue weighted by Gasteiger charge is 2.09. The fourth-order valence-electron chi connectivity index (χ4n) is 1.13. The summed E-state index contributed by atoms with van der Waals surface area (Å²) in [4.78, 5) is 0. The zero-order valence-electron chi connectivity index (χ0n) is 7.90. The van der Waals surface area contributed by atoms with Crippen LogP contribution in [0.15, 0.2) is 22.7 Å². The van der Waals surface area contributed by atoms with Gasteiger partial charge in [0.05, 0.1) is 12.7 Å². The highest BCUT2D eigenvalue weighted by Crippen LogP contribution is 2.28.